The van der Waals surface area contributed by atoms with E-state index in [0.717, 1.165) is 22.3 Å². The predicted octanol–water partition coefficient (Wildman–Crippen LogP) is 7.27. The van der Waals surface area contributed by atoms with Gasteiger partial charge in [-0.05, 0) is 64.6 Å². The highest BCUT2D eigenvalue weighted by molar-refractivity contribution is 6.39. The molecule has 2 aliphatic carbocycles. The van der Waals surface area contributed by atoms with E-state index in [9.17, 15) is 0 Å². The van der Waals surface area contributed by atoms with Crippen LogP contribution < -0.4 is 9.64 Å². The van der Waals surface area contributed by atoms with Gasteiger partial charge in [-0.1, -0.05) is 121 Å². The Kier molecular flexibility index (Phi) is 6.40. The average molecular weight is 602 g/mol. The molecule has 5 heteroatoms. The summed E-state index contributed by atoms with van der Waals surface area (Å²) in [6.07, 6.45) is 0. The molecule has 8 rings (SSSR count). The van der Waals surface area contributed by atoms with Crippen molar-refractivity contribution in [2.24, 2.45) is 11.8 Å². The Morgan fingerprint density at radius 1 is 0.543 bits per heavy atom. The van der Waals surface area contributed by atoms with Crippen LogP contribution in [-0.4, -0.2) is 24.2 Å². The summed E-state index contributed by atoms with van der Waals surface area (Å²) in [6, 6.07) is 46.0. The fourth-order valence-electron chi connectivity index (χ4n) is 8.45. The quantitative estimate of drug-likeness (QED) is 0.184. The number of fused-ring (bicyclic) bond motifs is 5. The van der Waals surface area contributed by atoms with Gasteiger partial charge in [-0.15, -0.1) is 0 Å². The largest absolute Gasteiger partial charge is 0.494 e. The van der Waals surface area contributed by atoms with Crippen molar-refractivity contribution < 1.29 is 19.1 Å². The number of rotatable bonds is 7. The highest BCUT2D eigenvalue weighted by Crippen LogP contribution is 2.74. The smallest absolute Gasteiger partial charge is 0.239 e. The first-order valence-corrected chi connectivity index (χ1v) is 15.7. The molecule has 0 spiro atoms. The van der Waals surface area contributed by atoms with Crippen molar-refractivity contribution in [3.05, 3.63) is 168 Å². The molecule has 2 fully saturated rings. The molecule has 5 nitrogen and oxygen atoms in total. The number of carbonyl (C=O) groups excluding carboxylic acids is 3. The molecule has 0 radical (unpaired) electrons. The minimum absolute atomic E-state index is 0.127. The lowest BCUT2D eigenvalue weighted by atomic mass is 9.59. The van der Waals surface area contributed by atoms with Crippen molar-refractivity contribution in [1.82, 2.24) is 0 Å². The van der Waals surface area contributed by atoms with E-state index < -0.39 is 22.7 Å². The number of anilines is 1. The first kappa shape index (κ1) is 28.0. The molecule has 1 saturated carbocycles. The molecule has 1 heterocycles. The number of carbonyl (C=O) groups is 3. The summed E-state index contributed by atoms with van der Waals surface area (Å²) in [6.45, 7) is 2.41. The van der Waals surface area contributed by atoms with Crippen molar-refractivity contribution in [2.75, 3.05) is 11.5 Å². The number of Topliss-reactive ketones (excluding diaryl/α,β-unsaturated/α-hetero) is 1. The van der Waals surface area contributed by atoms with Gasteiger partial charge in [-0.3, -0.25) is 14.4 Å². The van der Waals surface area contributed by atoms with Gasteiger partial charge in [-0.25, -0.2) is 4.90 Å². The average Bonchev–Trinajstić information content (AvgIpc) is 3.62. The standard InChI is InChI=1S/C41H31NO4/c1-2-46-32-25-23-31(24-26-32)42-37(43)35-36(38(42)44)41(30-21-13-6-14-22-30)34(28-17-9-4-10-18-28)33(27-15-7-3-8-16-27)40(35,39(41)45)29-19-11-5-12-20-29/h3-26,35-36H,2H2,1H3/t35-,36+,40-,41-/m0/s1. The molecule has 0 unspecified atom stereocenters. The van der Waals surface area contributed by atoms with Crippen molar-refractivity contribution in [3.63, 3.8) is 0 Å². The van der Waals surface area contributed by atoms with Crippen molar-refractivity contribution in [2.45, 2.75) is 17.8 Å². The third-order valence-electron chi connectivity index (χ3n) is 9.98. The van der Waals surface area contributed by atoms with Crippen LogP contribution in [0.2, 0.25) is 0 Å². The fraction of sp³-hybridized carbons (Fsp3) is 0.146. The van der Waals surface area contributed by atoms with Crippen LogP contribution >= 0.6 is 0 Å². The Hall–Kier alpha value is -5.55. The van der Waals surface area contributed by atoms with Gasteiger partial charge in [0.25, 0.3) is 0 Å². The molecule has 3 aliphatic rings. The summed E-state index contributed by atoms with van der Waals surface area (Å²) >= 11 is 0. The van der Waals surface area contributed by atoms with E-state index in [4.69, 9.17) is 4.74 Å². The van der Waals surface area contributed by atoms with Crippen molar-refractivity contribution >= 4 is 34.4 Å². The topological polar surface area (TPSA) is 63.7 Å². The molecule has 1 saturated heterocycles. The number of hydrogen-bond donors (Lipinski definition) is 0. The van der Waals surface area contributed by atoms with E-state index >= 15 is 14.4 Å². The zero-order chi connectivity index (χ0) is 31.5. The van der Waals surface area contributed by atoms with Gasteiger partial charge in [0, 0.05) is 0 Å². The maximum Gasteiger partial charge on any atom is 0.239 e. The summed E-state index contributed by atoms with van der Waals surface area (Å²) < 4.78 is 5.64. The van der Waals surface area contributed by atoms with E-state index in [2.05, 4.69) is 0 Å². The Bertz CT molecular complexity index is 1880. The number of hydrogen-bond acceptors (Lipinski definition) is 4. The number of benzene rings is 5. The fourth-order valence-corrected chi connectivity index (χ4v) is 8.45. The third kappa shape index (κ3) is 3.54. The Balaban J connectivity index is 1.50. The van der Waals surface area contributed by atoms with Gasteiger partial charge in [-0.2, -0.15) is 0 Å². The SMILES string of the molecule is CCOc1ccc(N2C(=O)[C@@H]3[C@H](C2=O)[C@@]2(c4ccccc4)C(=O)[C@@]3(c3ccccc3)C(c3ccccc3)=C2c2ccccc2)cc1. The van der Waals surface area contributed by atoms with Crippen LogP contribution in [0, 0.1) is 11.8 Å². The molecule has 4 atom stereocenters. The number of ketones is 1. The van der Waals surface area contributed by atoms with Gasteiger partial charge < -0.3 is 4.74 Å². The minimum Gasteiger partial charge on any atom is -0.494 e. The van der Waals surface area contributed by atoms with E-state index in [1.165, 1.54) is 4.90 Å². The third-order valence-corrected chi connectivity index (χ3v) is 9.98. The number of nitrogens with zero attached hydrogens (tertiary/aromatic N) is 1. The molecule has 1 aliphatic heterocycles. The van der Waals surface area contributed by atoms with Gasteiger partial charge in [0.05, 0.1) is 35.0 Å². The van der Waals surface area contributed by atoms with Crippen molar-refractivity contribution in [3.8, 4) is 5.75 Å². The number of imide groups is 1. The molecule has 224 valence electrons. The van der Waals surface area contributed by atoms with E-state index in [-0.39, 0.29) is 17.6 Å². The zero-order valence-corrected chi connectivity index (χ0v) is 25.3. The second-order valence-electron chi connectivity index (χ2n) is 12.1. The second kappa shape index (κ2) is 10.5. The molecule has 0 aromatic heterocycles. The lowest BCUT2D eigenvalue weighted by Gasteiger charge is -2.39. The van der Waals surface area contributed by atoms with Crippen LogP contribution in [0.15, 0.2) is 146 Å². The molecule has 2 amide bonds. The Morgan fingerprint density at radius 3 is 1.33 bits per heavy atom. The summed E-state index contributed by atoms with van der Waals surface area (Å²) in [5, 5.41) is 0. The maximum absolute atomic E-state index is 15.9. The highest BCUT2D eigenvalue weighted by Gasteiger charge is 2.82. The van der Waals surface area contributed by atoms with Gasteiger partial charge in [0.2, 0.25) is 11.8 Å². The Morgan fingerprint density at radius 2 is 0.935 bits per heavy atom. The van der Waals surface area contributed by atoms with Gasteiger partial charge in [0.15, 0.2) is 5.78 Å². The summed E-state index contributed by atoms with van der Waals surface area (Å²) in [7, 11) is 0. The summed E-state index contributed by atoms with van der Waals surface area (Å²) in [5.74, 6) is -2.11. The van der Waals surface area contributed by atoms with E-state index in [0.29, 0.717) is 29.2 Å². The lowest BCUT2D eigenvalue weighted by Crippen LogP contribution is -2.45. The lowest BCUT2D eigenvalue weighted by molar-refractivity contribution is -0.130. The van der Waals surface area contributed by atoms with Crippen LogP contribution in [-0.2, 0) is 25.2 Å². The zero-order valence-electron chi connectivity index (χ0n) is 25.3. The molecule has 5 aromatic carbocycles. The van der Waals surface area contributed by atoms with Crippen molar-refractivity contribution in [1.29, 1.82) is 0 Å². The minimum atomic E-state index is -1.42. The first-order valence-electron chi connectivity index (χ1n) is 15.7. The van der Waals surface area contributed by atoms with Crippen LogP contribution in [0.4, 0.5) is 5.69 Å². The Labute approximate surface area is 267 Å². The first-order chi connectivity index (χ1) is 22.6. The van der Waals surface area contributed by atoms with Crippen LogP contribution in [0.25, 0.3) is 11.1 Å². The monoisotopic (exact) mass is 601 g/mol. The van der Waals surface area contributed by atoms with E-state index in [1.807, 2.05) is 128 Å². The molecule has 5 aromatic rings. The van der Waals surface area contributed by atoms with Gasteiger partial charge in [0.1, 0.15) is 5.75 Å². The molecule has 46 heavy (non-hydrogen) atoms. The predicted molar refractivity (Wildman–Crippen MR) is 178 cm³/mol. The summed E-state index contributed by atoms with van der Waals surface area (Å²) in [5.41, 5.74) is 2.35. The molecular formula is C41H31NO4. The van der Waals surface area contributed by atoms with Gasteiger partial charge >= 0.3 is 0 Å². The molecule has 0 N–H and O–H groups in total. The highest BCUT2D eigenvalue weighted by atomic mass is 16.5. The number of amides is 2. The summed E-state index contributed by atoms with van der Waals surface area (Å²) in [4.78, 5) is 47.2. The van der Waals surface area contributed by atoms with E-state index in [1.54, 1.807) is 24.3 Å². The van der Waals surface area contributed by atoms with Crippen LogP contribution in [0.5, 0.6) is 5.75 Å². The normalized spacial score (nSPS) is 24.9. The van der Waals surface area contributed by atoms with Crippen LogP contribution in [0.3, 0.4) is 0 Å². The molecular weight excluding hydrogens is 570 g/mol. The number of ether oxygens (including phenoxy) is 1. The number of allylic oxidation sites excluding steroid dienone is 2. The molecule has 2 bridgehead atoms. The second-order valence-corrected chi connectivity index (χ2v) is 12.1. The van der Waals surface area contributed by atoms with Crippen LogP contribution in [0.1, 0.15) is 29.2 Å². The maximum atomic E-state index is 15.9.